The highest BCUT2D eigenvalue weighted by molar-refractivity contribution is 7.10. The fraction of sp³-hybridized carbons (Fsp3) is 0.172. The molecule has 12 heterocycles. The van der Waals surface area contributed by atoms with Crippen LogP contribution in [-0.4, -0.2) is 63.2 Å². The van der Waals surface area contributed by atoms with Crippen molar-refractivity contribution in [2.24, 2.45) is 0 Å². The third kappa shape index (κ3) is 27.3. The number of aromatic amines is 4. The number of pyridine rings is 4. The number of hydrogen-bond acceptors (Lipinski definition) is 20. The lowest BCUT2D eigenvalue weighted by Crippen LogP contribution is -2.40. The number of amides is 4. The number of thiophene rings is 4. The molecule has 0 spiro atoms. The summed E-state index contributed by atoms with van der Waals surface area (Å²) in [6.45, 7) is 13.7. The number of nitrogens with zero attached hydrogens (tertiary/aromatic N) is 4. The average molecular weight is 1990 g/mol. The van der Waals surface area contributed by atoms with Crippen LogP contribution in [0.25, 0.3) is 43.6 Å². The first kappa shape index (κ1) is 99.8. The molecule has 20 aromatic rings. The van der Waals surface area contributed by atoms with Gasteiger partial charge in [0.15, 0.2) is 0 Å². The van der Waals surface area contributed by atoms with E-state index in [-0.39, 0.29) is 45.9 Å². The predicted octanol–water partition coefficient (Wildman–Crippen LogP) is 22.2. The van der Waals surface area contributed by atoms with E-state index in [2.05, 4.69) is 53.3 Å². The molecule has 0 fully saturated rings. The van der Waals surface area contributed by atoms with Crippen molar-refractivity contribution in [3.63, 3.8) is 0 Å². The summed E-state index contributed by atoms with van der Waals surface area (Å²) in [7, 11) is 0. The van der Waals surface area contributed by atoms with E-state index in [0.29, 0.717) is 78.5 Å². The lowest BCUT2D eigenvalue weighted by Gasteiger charge is -2.28. The molecule has 144 heavy (non-hydrogen) atoms. The average Bonchev–Trinajstić information content (AvgIpc) is 1.05. The Hall–Kier alpha value is -15.8. The number of aryl methyl sites for hydroxylation is 4. The van der Waals surface area contributed by atoms with Crippen LogP contribution in [0.2, 0.25) is 0 Å². The van der Waals surface area contributed by atoms with Gasteiger partial charge in [0, 0.05) is 92.0 Å². The molecule has 8 aromatic carbocycles. The van der Waals surface area contributed by atoms with Crippen LogP contribution in [-0.2, 0) is 97.7 Å². The number of H-pyrrole nitrogens is 4. The Morgan fingerprint density at radius 3 is 0.854 bits per heavy atom. The molecule has 0 aliphatic carbocycles. The summed E-state index contributed by atoms with van der Waals surface area (Å²) in [6.07, 6.45) is 6.53. The van der Waals surface area contributed by atoms with E-state index in [1.165, 1.54) is 24.3 Å². The summed E-state index contributed by atoms with van der Waals surface area (Å²) in [6, 6.07) is 98.0. The molecule has 28 heteroatoms. The minimum atomic E-state index is -0.536. The van der Waals surface area contributed by atoms with Gasteiger partial charge < -0.3 is 57.2 Å². The zero-order chi connectivity index (χ0) is 99.6. The topological polar surface area (TPSA) is 313 Å². The first-order valence-corrected chi connectivity index (χ1v) is 50.7. The standard InChI is InChI=1S/4C29H27N3O3S/c2*1-20-5-2-6-23(15-20)28(30-17-21-9-11-26-22(16-21)10-12-27(33)31-26)29(34)32(18-24-7-3-13-35-24)19-25-8-4-14-36-25;1-20-6-9-22(10-7-20)28(30-17-21-8-12-26-23(16-21)11-13-27(33)31-26)29(34)32(18-24-4-2-14-35-24)19-25-5-3-15-36-25;1-20-6-2-3-9-25(20)28(30-17-21-10-12-26-22(16-21)11-13-27(33)31-26)29(34)32(18-23-7-4-14-35-23)19-24-8-5-15-36-24/h4*2-16,28,30H,17-19H2,1H3,(H,31,33). The molecule has 0 aliphatic rings. The molecule has 0 radical (unpaired) electrons. The first-order valence-electron chi connectivity index (χ1n) is 47.2. The number of hydrogen-bond donors (Lipinski definition) is 8. The summed E-state index contributed by atoms with van der Waals surface area (Å²) in [5.74, 6) is 2.90. The van der Waals surface area contributed by atoms with Crippen molar-refractivity contribution in [1.29, 1.82) is 0 Å². The van der Waals surface area contributed by atoms with Gasteiger partial charge in [0.25, 0.3) is 0 Å². The first-order chi connectivity index (χ1) is 70.2. The second kappa shape index (κ2) is 48.6. The smallest absolute Gasteiger partial charge is 0.248 e. The number of nitrogens with one attached hydrogen (secondary N) is 8. The highest BCUT2D eigenvalue weighted by atomic mass is 32.1. The highest BCUT2D eigenvalue weighted by Crippen LogP contribution is 2.32. The van der Waals surface area contributed by atoms with E-state index >= 15 is 0 Å². The Morgan fingerprint density at radius 2 is 0.569 bits per heavy atom. The molecular weight excluding hydrogens is 1880 g/mol. The molecule has 728 valence electrons. The van der Waals surface area contributed by atoms with Gasteiger partial charge in [-0.3, -0.25) is 59.6 Å². The van der Waals surface area contributed by atoms with Gasteiger partial charge in [0.1, 0.15) is 47.2 Å². The van der Waals surface area contributed by atoms with Gasteiger partial charge in [-0.2, -0.15) is 0 Å². The van der Waals surface area contributed by atoms with Gasteiger partial charge in [-0.1, -0.05) is 162 Å². The molecular formula is C116H108N12O12S4. The van der Waals surface area contributed by atoms with E-state index in [4.69, 9.17) is 17.7 Å². The van der Waals surface area contributed by atoms with Crippen LogP contribution in [0.3, 0.4) is 0 Å². The van der Waals surface area contributed by atoms with Crippen molar-refractivity contribution in [1.82, 2.24) is 60.8 Å². The fourth-order valence-electron chi connectivity index (χ4n) is 17.2. The highest BCUT2D eigenvalue weighted by Gasteiger charge is 2.33. The third-order valence-electron chi connectivity index (χ3n) is 24.5. The molecule has 4 atom stereocenters. The molecule has 12 aromatic heterocycles. The summed E-state index contributed by atoms with van der Waals surface area (Å²) < 4.78 is 22.3. The van der Waals surface area contributed by atoms with E-state index in [9.17, 15) is 38.4 Å². The lowest BCUT2D eigenvalue weighted by atomic mass is 9.99. The van der Waals surface area contributed by atoms with Crippen LogP contribution in [0.4, 0.5) is 0 Å². The molecule has 0 bridgehead atoms. The van der Waals surface area contributed by atoms with Crippen molar-refractivity contribution in [3.05, 3.63) is 513 Å². The third-order valence-corrected chi connectivity index (χ3v) is 27.9. The van der Waals surface area contributed by atoms with Crippen LogP contribution in [0.15, 0.2) is 399 Å². The SMILES string of the molecule is Cc1ccc(C(NCc2ccc3[nH]c(=O)ccc3c2)C(=O)N(Cc2ccco2)Cc2cccs2)cc1.Cc1cccc(C(NCc2ccc3[nH]c(=O)ccc3c2)C(=O)N(Cc2ccco2)Cc2cccs2)c1.Cc1cccc(C(NCc2ccc3[nH]c(=O)ccc3c2)C(=O)N(Cc2ccco2)Cc2cccs2)c1.Cc1ccccc1C(NCc1ccc2[nH]c(=O)ccc2c1)C(=O)N(Cc1ccco1)Cc1cccs1. The van der Waals surface area contributed by atoms with Crippen molar-refractivity contribution in [2.45, 2.75) is 130 Å². The Labute approximate surface area is 847 Å². The van der Waals surface area contributed by atoms with Crippen LogP contribution in [0.5, 0.6) is 0 Å². The maximum Gasteiger partial charge on any atom is 0.248 e. The normalized spacial score (nSPS) is 12.0. The number of furan rings is 4. The second-order valence-corrected chi connectivity index (χ2v) is 39.4. The van der Waals surface area contributed by atoms with E-state index < -0.39 is 24.2 Å². The Morgan fingerprint density at radius 1 is 0.271 bits per heavy atom. The monoisotopic (exact) mass is 1990 g/mol. The van der Waals surface area contributed by atoms with Crippen molar-refractivity contribution < 1.29 is 36.8 Å². The van der Waals surface area contributed by atoms with Crippen molar-refractivity contribution in [2.75, 3.05) is 0 Å². The van der Waals surface area contributed by atoms with Crippen LogP contribution in [0.1, 0.15) is 133 Å². The maximum absolute atomic E-state index is 14.1. The van der Waals surface area contributed by atoms with Crippen LogP contribution < -0.4 is 43.5 Å². The molecule has 4 unspecified atom stereocenters. The van der Waals surface area contributed by atoms with Gasteiger partial charge in [-0.05, 0) is 266 Å². The molecule has 0 saturated carbocycles. The zero-order valence-electron chi connectivity index (χ0n) is 79.8. The van der Waals surface area contributed by atoms with Gasteiger partial charge in [-0.15, -0.1) is 45.3 Å². The minimum absolute atomic E-state index is 0.0146. The molecule has 0 saturated heterocycles. The number of benzene rings is 8. The largest absolute Gasteiger partial charge is 0.467 e. The molecule has 0 aliphatic heterocycles. The van der Waals surface area contributed by atoms with Crippen molar-refractivity contribution in [3.8, 4) is 0 Å². The quantitative estimate of drug-likeness (QED) is 0.0181. The Kier molecular flexibility index (Phi) is 33.7. The molecule has 24 nitrogen and oxygen atoms in total. The number of rotatable bonds is 36. The van der Waals surface area contributed by atoms with Gasteiger partial charge >= 0.3 is 0 Å². The Balaban J connectivity index is 0.000000132. The summed E-state index contributed by atoms with van der Waals surface area (Å²) in [4.78, 5) is 126. The number of carbonyl (C=O) groups is 4. The fourth-order valence-corrected chi connectivity index (χ4v) is 20.1. The Bertz CT molecular complexity index is 7480. The van der Waals surface area contributed by atoms with Crippen LogP contribution in [0, 0.1) is 27.7 Å². The van der Waals surface area contributed by atoms with Gasteiger partial charge in [-0.25, -0.2) is 0 Å². The van der Waals surface area contributed by atoms with E-state index in [1.54, 1.807) is 70.4 Å². The second-order valence-electron chi connectivity index (χ2n) is 35.2. The zero-order valence-corrected chi connectivity index (χ0v) is 83.0. The molecule has 4 amide bonds. The minimum Gasteiger partial charge on any atom is -0.467 e. The summed E-state index contributed by atoms with van der Waals surface area (Å²) in [5, 5.41) is 25.9. The predicted molar refractivity (Wildman–Crippen MR) is 570 cm³/mol. The number of carbonyl (C=O) groups excluding carboxylic acids is 4. The van der Waals surface area contributed by atoms with Gasteiger partial charge in [0.05, 0.1) is 77.4 Å². The van der Waals surface area contributed by atoms with E-state index in [1.807, 2.05) is 348 Å². The number of fused-ring (bicyclic) bond motifs is 4. The summed E-state index contributed by atoms with van der Waals surface area (Å²) in [5.41, 5.74) is 14.8. The van der Waals surface area contributed by atoms with Crippen LogP contribution >= 0.6 is 45.3 Å². The lowest BCUT2D eigenvalue weighted by molar-refractivity contribution is -0.136. The summed E-state index contributed by atoms with van der Waals surface area (Å²) >= 11 is 6.53. The van der Waals surface area contributed by atoms with Crippen molar-refractivity contribution >= 4 is 113 Å². The maximum atomic E-state index is 14.1. The number of aromatic nitrogens is 4. The molecule has 8 N–H and O–H groups in total. The van der Waals surface area contributed by atoms with E-state index in [0.717, 1.165) is 153 Å². The molecule has 20 rings (SSSR count). The van der Waals surface area contributed by atoms with Gasteiger partial charge in [0.2, 0.25) is 45.9 Å².